The molecule has 1 unspecified atom stereocenters. The highest BCUT2D eigenvalue weighted by atomic mass is 35.5. The van der Waals surface area contributed by atoms with Gasteiger partial charge in [-0.05, 0) is 24.6 Å². The van der Waals surface area contributed by atoms with Gasteiger partial charge < -0.3 is 10.6 Å². The van der Waals surface area contributed by atoms with Crippen molar-refractivity contribution in [2.45, 2.75) is 16.6 Å². The van der Waals surface area contributed by atoms with Crippen molar-refractivity contribution in [1.29, 1.82) is 0 Å². The molecule has 1 aromatic carbocycles. The van der Waals surface area contributed by atoms with Crippen molar-refractivity contribution in [2.24, 2.45) is 0 Å². The Morgan fingerprint density at radius 1 is 1.56 bits per heavy atom. The third-order valence-electron chi connectivity index (χ3n) is 2.60. The zero-order valence-electron chi connectivity index (χ0n) is 8.94. The molecule has 1 aliphatic rings. The molecule has 1 heterocycles. The second-order valence-electron chi connectivity index (χ2n) is 3.84. The summed E-state index contributed by atoms with van der Waals surface area (Å²) >= 11 is 7.56. The largest absolute Gasteiger partial charge is 0.399 e. The number of amides is 1. The van der Waals surface area contributed by atoms with Gasteiger partial charge in [-0.3, -0.25) is 4.79 Å². The summed E-state index contributed by atoms with van der Waals surface area (Å²) in [6.07, 6.45) is 0.866. The highest BCUT2D eigenvalue weighted by molar-refractivity contribution is 8.00. The molecule has 16 heavy (non-hydrogen) atoms. The topological polar surface area (TPSA) is 46.3 Å². The van der Waals surface area contributed by atoms with E-state index in [2.05, 4.69) is 0 Å². The molecule has 0 aromatic heterocycles. The third kappa shape index (κ3) is 2.28. The van der Waals surface area contributed by atoms with Crippen LogP contribution >= 0.6 is 23.4 Å². The fraction of sp³-hybridized carbons (Fsp3) is 0.364. The molecule has 0 aliphatic carbocycles. The lowest BCUT2D eigenvalue weighted by Gasteiger charge is -2.11. The molecule has 0 spiro atoms. The monoisotopic (exact) mass is 256 g/mol. The Morgan fingerprint density at radius 3 is 2.94 bits per heavy atom. The van der Waals surface area contributed by atoms with Gasteiger partial charge in [0.05, 0.1) is 10.3 Å². The highest BCUT2D eigenvalue weighted by Crippen LogP contribution is 2.35. The first-order valence-electron chi connectivity index (χ1n) is 5.04. The Balaban J connectivity index is 2.15. The first-order valence-corrected chi connectivity index (χ1v) is 6.30. The van der Waals surface area contributed by atoms with Gasteiger partial charge in [0, 0.05) is 24.2 Å². The van der Waals surface area contributed by atoms with Gasteiger partial charge in [0.2, 0.25) is 5.91 Å². The maximum Gasteiger partial charge on any atom is 0.235 e. The molecule has 0 bridgehead atoms. The number of likely N-dealkylation sites (tertiary alicyclic amines) is 1. The standard InChI is InChI=1S/C11H13ClN2OS/c1-14-5-4-9(11(14)15)16-10-6-7(13)2-3-8(10)12/h2-3,6,9H,4-5,13H2,1H3. The molecule has 1 aromatic rings. The second kappa shape index (κ2) is 4.55. The maximum atomic E-state index is 11.7. The van der Waals surface area contributed by atoms with Crippen LogP contribution in [0.3, 0.4) is 0 Å². The summed E-state index contributed by atoms with van der Waals surface area (Å²) in [6.45, 7) is 0.816. The van der Waals surface area contributed by atoms with Crippen LogP contribution in [-0.4, -0.2) is 29.6 Å². The van der Waals surface area contributed by atoms with Crippen LogP contribution in [0.4, 0.5) is 5.69 Å². The van der Waals surface area contributed by atoms with E-state index in [1.54, 1.807) is 17.0 Å². The lowest BCUT2D eigenvalue weighted by atomic mass is 10.3. The summed E-state index contributed by atoms with van der Waals surface area (Å²) in [5.74, 6) is 0.170. The molecule has 0 saturated carbocycles. The number of hydrogen-bond donors (Lipinski definition) is 1. The summed E-state index contributed by atoms with van der Waals surface area (Å²) in [4.78, 5) is 14.4. The first kappa shape index (κ1) is 11.6. The molecule has 5 heteroatoms. The van der Waals surface area contributed by atoms with E-state index < -0.39 is 0 Å². The van der Waals surface area contributed by atoms with Crippen LogP contribution in [0, 0.1) is 0 Å². The third-order valence-corrected chi connectivity index (χ3v) is 4.36. The van der Waals surface area contributed by atoms with Crippen LogP contribution in [0.5, 0.6) is 0 Å². The second-order valence-corrected chi connectivity index (χ2v) is 5.50. The van der Waals surface area contributed by atoms with Gasteiger partial charge in [-0.2, -0.15) is 0 Å². The van der Waals surface area contributed by atoms with E-state index in [1.807, 2.05) is 13.1 Å². The Kier molecular flexibility index (Phi) is 3.30. The van der Waals surface area contributed by atoms with Crippen LogP contribution in [0.15, 0.2) is 23.1 Å². The molecule has 2 N–H and O–H groups in total. The van der Waals surface area contributed by atoms with Gasteiger partial charge in [0.15, 0.2) is 0 Å². The number of hydrogen-bond acceptors (Lipinski definition) is 3. The van der Waals surface area contributed by atoms with Gasteiger partial charge in [0.25, 0.3) is 0 Å². The molecular weight excluding hydrogens is 244 g/mol. The highest BCUT2D eigenvalue weighted by Gasteiger charge is 2.30. The SMILES string of the molecule is CN1CCC(Sc2cc(N)ccc2Cl)C1=O. The predicted octanol–water partition coefficient (Wildman–Crippen LogP) is 2.25. The summed E-state index contributed by atoms with van der Waals surface area (Å²) in [7, 11) is 1.82. The minimum Gasteiger partial charge on any atom is -0.399 e. The van der Waals surface area contributed by atoms with E-state index in [0.717, 1.165) is 17.9 Å². The number of thioether (sulfide) groups is 1. The van der Waals surface area contributed by atoms with Gasteiger partial charge >= 0.3 is 0 Å². The van der Waals surface area contributed by atoms with Gasteiger partial charge in [-0.25, -0.2) is 0 Å². The van der Waals surface area contributed by atoms with E-state index in [9.17, 15) is 4.79 Å². The van der Waals surface area contributed by atoms with Crippen molar-refractivity contribution < 1.29 is 4.79 Å². The zero-order valence-corrected chi connectivity index (χ0v) is 10.5. The van der Waals surface area contributed by atoms with Crippen molar-refractivity contribution in [1.82, 2.24) is 4.90 Å². The van der Waals surface area contributed by atoms with E-state index in [0.29, 0.717) is 10.7 Å². The lowest BCUT2D eigenvalue weighted by molar-refractivity contribution is -0.126. The van der Waals surface area contributed by atoms with Gasteiger partial charge in [0.1, 0.15) is 0 Å². The van der Waals surface area contributed by atoms with E-state index >= 15 is 0 Å². The van der Waals surface area contributed by atoms with Gasteiger partial charge in [-0.1, -0.05) is 11.6 Å². The van der Waals surface area contributed by atoms with E-state index in [1.165, 1.54) is 11.8 Å². The number of nitrogen functional groups attached to an aromatic ring is 1. The summed E-state index contributed by atoms with van der Waals surface area (Å²) < 4.78 is 0. The summed E-state index contributed by atoms with van der Waals surface area (Å²) in [6, 6.07) is 5.34. The van der Waals surface area contributed by atoms with E-state index in [-0.39, 0.29) is 11.2 Å². The van der Waals surface area contributed by atoms with Crippen molar-refractivity contribution in [3.8, 4) is 0 Å². The molecular formula is C11H13ClN2OS. The Bertz CT molecular complexity index is 424. The molecule has 0 radical (unpaired) electrons. The molecule has 1 amide bonds. The number of halogens is 1. The molecule has 1 saturated heterocycles. The molecule has 2 rings (SSSR count). The quantitative estimate of drug-likeness (QED) is 0.826. The van der Waals surface area contributed by atoms with E-state index in [4.69, 9.17) is 17.3 Å². The van der Waals surface area contributed by atoms with Crippen LogP contribution in [0.1, 0.15) is 6.42 Å². The minimum absolute atomic E-state index is 0.0238. The maximum absolute atomic E-state index is 11.7. The van der Waals surface area contributed by atoms with Crippen LogP contribution < -0.4 is 5.73 Å². The van der Waals surface area contributed by atoms with Crippen molar-refractivity contribution in [3.63, 3.8) is 0 Å². The molecule has 1 aliphatic heterocycles. The predicted molar refractivity (Wildman–Crippen MR) is 67.8 cm³/mol. The molecule has 1 atom stereocenters. The average molecular weight is 257 g/mol. The normalized spacial score (nSPS) is 20.5. The Hall–Kier alpha value is -0.870. The van der Waals surface area contributed by atoms with Gasteiger partial charge in [-0.15, -0.1) is 11.8 Å². The summed E-state index contributed by atoms with van der Waals surface area (Å²) in [5.41, 5.74) is 6.37. The molecule has 3 nitrogen and oxygen atoms in total. The number of nitrogens with zero attached hydrogens (tertiary/aromatic N) is 1. The smallest absolute Gasteiger partial charge is 0.235 e. The fourth-order valence-corrected chi connectivity index (χ4v) is 3.11. The lowest BCUT2D eigenvalue weighted by Crippen LogP contribution is -2.23. The zero-order chi connectivity index (χ0) is 11.7. The molecule has 1 fully saturated rings. The van der Waals surface area contributed by atoms with Crippen molar-refractivity contribution in [2.75, 3.05) is 19.3 Å². The minimum atomic E-state index is -0.0238. The Morgan fingerprint density at radius 2 is 2.31 bits per heavy atom. The molecule has 86 valence electrons. The number of anilines is 1. The van der Waals surface area contributed by atoms with Crippen molar-refractivity contribution >= 4 is 35.0 Å². The van der Waals surface area contributed by atoms with Crippen LogP contribution in [0.2, 0.25) is 5.02 Å². The first-order chi connectivity index (χ1) is 7.58. The number of nitrogens with two attached hydrogens (primary N) is 1. The van der Waals surface area contributed by atoms with Crippen LogP contribution in [0.25, 0.3) is 0 Å². The number of benzene rings is 1. The average Bonchev–Trinajstić information content (AvgIpc) is 2.55. The Labute approximate surface area is 104 Å². The van der Waals surface area contributed by atoms with Crippen LogP contribution in [-0.2, 0) is 4.79 Å². The number of carbonyl (C=O) groups excluding carboxylic acids is 1. The number of rotatable bonds is 2. The number of carbonyl (C=O) groups is 1. The summed E-state index contributed by atoms with van der Waals surface area (Å²) in [5, 5.41) is 0.630. The fourth-order valence-electron chi connectivity index (χ4n) is 1.66. The van der Waals surface area contributed by atoms with Crippen molar-refractivity contribution in [3.05, 3.63) is 23.2 Å².